The lowest BCUT2D eigenvalue weighted by Crippen LogP contribution is -2.33. The molecule has 1 aromatic heterocycles. The molecule has 2 atom stereocenters. The second kappa shape index (κ2) is 7.24. The summed E-state index contributed by atoms with van der Waals surface area (Å²) in [4.78, 5) is 17.9. The van der Waals surface area contributed by atoms with E-state index in [0.717, 1.165) is 23.3 Å². The molecule has 152 valence electrons. The van der Waals surface area contributed by atoms with Gasteiger partial charge in [0.05, 0.1) is 0 Å². The molecule has 0 amide bonds. The summed E-state index contributed by atoms with van der Waals surface area (Å²) in [5.74, 6) is 1.54. The maximum absolute atomic E-state index is 13.5. The zero-order valence-electron chi connectivity index (χ0n) is 17.6. The predicted molar refractivity (Wildman–Crippen MR) is 118 cm³/mol. The van der Waals surface area contributed by atoms with E-state index in [2.05, 4.69) is 78.6 Å². The van der Waals surface area contributed by atoms with E-state index < -0.39 is 0 Å². The van der Waals surface area contributed by atoms with E-state index in [1.807, 2.05) is 10.7 Å². The number of hydrogen-bond donors (Lipinski definition) is 1. The first kappa shape index (κ1) is 18.8. The van der Waals surface area contributed by atoms with Gasteiger partial charge in [-0.2, -0.15) is 10.1 Å². The minimum atomic E-state index is -0.231. The number of carbonyl (C=O) groups is 1. The fourth-order valence-corrected chi connectivity index (χ4v) is 4.79. The largest absolute Gasteiger partial charge is 0.328 e. The molecule has 1 aliphatic heterocycles. The maximum atomic E-state index is 13.5. The van der Waals surface area contributed by atoms with Gasteiger partial charge in [-0.15, -0.1) is 0 Å². The van der Waals surface area contributed by atoms with Gasteiger partial charge in [0.25, 0.3) is 0 Å². The molecule has 0 bridgehead atoms. The Morgan fingerprint density at radius 2 is 1.83 bits per heavy atom. The number of carbonyl (C=O) groups excluding carboxylic acids is 1. The fourth-order valence-electron chi connectivity index (χ4n) is 4.79. The van der Waals surface area contributed by atoms with Crippen LogP contribution in [-0.2, 0) is 4.79 Å². The van der Waals surface area contributed by atoms with Gasteiger partial charge >= 0.3 is 0 Å². The lowest BCUT2D eigenvalue weighted by atomic mass is 9.77. The Balaban J connectivity index is 1.58. The summed E-state index contributed by atoms with van der Waals surface area (Å²) in [6.45, 7) is 6.49. The Morgan fingerprint density at radius 3 is 2.57 bits per heavy atom. The quantitative estimate of drug-likeness (QED) is 0.665. The smallest absolute Gasteiger partial charge is 0.226 e. The molecule has 30 heavy (non-hydrogen) atoms. The number of nitrogens with one attached hydrogen (secondary N) is 1. The standard InChI is InChI=1S/C25H26N4O/c1-15(2)17-8-10-18(11-9-17)24-23-21(28-25-26-14-27-29(24)25)12-19(13-22(23)30)20-7-5-4-6-16(20)3/h4-11,14-15,19,24H,12-13H2,1-3H3,(H,26,27,28)/t19-,24-/m1/s1. The Hall–Kier alpha value is -3.21. The van der Waals surface area contributed by atoms with Crippen molar-refractivity contribution in [2.45, 2.75) is 51.5 Å². The minimum absolute atomic E-state index is 0.184. The molecular weight excluding hydrogens is 372 g/mol. The number of nitrogens with zero attached hydrogens (tertiary/aromatic N) is 3. The number of aromatic nitrogens is 3. The molecule has 2 aliphatic rings. The van der Waals surface area contributed by atoms with Gasteiger partial charge in [0, 0.05) is 17.7 Å². The first-order valence-electron chi connectivity index (χ1n) is 10.6. The van der Waals surface area contributed by atoms with Crippen LogP contribution in [-0.4, -0.2) is 20.5 Å². The average Bonchev–Trinajstić information content (AvgIpc) is 3.20. The van der Waals surface area contributed by atoms with Crippen LogP contribution in [0.25, 0.3) is 0 Å². The third kappa shape index (κ3) is 3.05. The van der Waals surface area contributed by atoms with Crippen LogP contribution in [0.15, 0.2) is 66.1 Å². The second-order valence-corrected chi connectivity index (χ2v) is 8.65. The summed E-state index contributed by atoms with van der Waals surface area (Å²) in [5.41, 5.74) is 6.66. The van der Waals surface area contributed by atoms with Gasteiger partial charge in [-0.25, -0.2) is 4.68 Å². The van der Waals surface area contributed by atoms with Crippen LogP contribution in [0.1, 0.15) is 66.8 Å². The monoisotopic (exact) mass is 398 g/mol. The van der Waals surface area contributed by atoms with Crippen molar-refractivity contribution in [2.75, 3.05) is 5.32 Å². The molecule has 0 saturated carbocycles. The molecule has 2 aromatic carbocycles. The molecule has 5 heteroatoms. The van der Waals surface area contributed by atoms with Crippen LogP contribution in [0.2, 0.25) is 0 Å². The number of anilines is 1. The third-order valence-electron chi connectivity index (χ3n) is 6.41. The molecule has 1 N–H and O–H groups in total. The van der Waals surface area contributed by atoms with E-state index in [9.17, 15) is 4.79 Å². The van der Waals surface area contributed by atoms with Crippen molar-refractivity contribution in [1.82, 2.24) is 14.8 Å². The van der Waals surface area contributed by atoms with E-state index in [-0.39, 0.29) is 17.7 Å². The highest BCUT2D eigenvalue weighted by Gasteiger charge is 2.39. The van der Waals surface area contributed by atoms with E-state index in [1.165, 1.54) is 16.7 Å². The van der Waals surface area contributed by atoms with Crippen LogP contribution >= 0.6 is 0 Å². The van der Waals surface area contributed by atoms with Crippen LogP contribution in [0.4, 0.5) is 5.95 Å². The number of Topliss-reactive ketones (excluding diaryl/α,β-unsaturated/α-hetero) is 1. The van der Waals surface area contributed by atoms with E-state index >= 15 is 0 Å². The van der Waals surface area contributed by atoms with E-state index in [0.29, 0.717) is 18.3 Å². The summed E-state index contributed by atoms with van der Waals surface area (Å²) in [5, 5.41) is 7.85. The van der Waals surface area contributed by atoms with Crippen molar-refractivity contribution in [3.63, 3.8) is 0 Å². The lowest BCUT2D eigenvalue weighted by Gasteiger charge is -2.35. The highest BCUT2D eigenvalue weighted by Crippen LogP contribution is 2.44. The van der Waals surface area contributed by atoms with E-state index in [4.69, 9.17) is 0 Å². The number of benzene rings is 2. The average molecular weight is 399 g/mol. The Bertz CT molecular complexity index is 1140. The number of allylic oxidation sites excluding steroid dienone is 2. The first-order valence-corrected chi connectivity index (χ1v) is 10.6. The SMILES string of the molecule is Cc1ccccc1[C@H]1CC(=O)C2=C(C1)Nc1ncnn1[C@@H]2c1ccc(C(C)C)cc1. The summed E-state index contributed by atoms with van der Waals surface area (Å²) in [6, 6.07) is 16.7. The molecule has 5 nitrogen and oxygen atoms in total. The minimum Gasteiger partial charge on any atom is -0.328 e. The van der Waals surface area contributed by atoms with Gasteiger partial charge in [-0.1, -0.05) is 62.4 Å². The normalized spacial score (nSPS) is 20.7. The van der Waals surface area contributed by atoms with Crippen molar-refractivity contribution < 1.29 is 4.79 Å². The van der Waals surface area contributed by atoms with Crippen molar-refractivity contribution in [3.05, 3.63) is 88.4 Å². The van der Waals surface area contributed by atoms with Crippen LogP contribution < -0.4 is 5.32 Å². The number of aryl methyl sites for hydroxylation is 1. The van der Waals surface area contributed by atoms with E-state index in [1.54, 1.807) is 6.33 Å². The van der Waals surface area contributed by atoms with Crippen molar-refractivity contribution in [1.29, 1.82) is 0 Å². The summed E-state index contributed by atoms with van der Waals surface area (Å²) in [6.07, 6.45) is 2.88. The molecule has 0 unspecified atom stereocenters. The second-order valence-electron chi connectivity index (χ2n) is 8.65. The number of ketones is 1. The van der Waals surface area contributed by atoms with Crippen molar-refractivity contribution in [2.24, 2.45) is 0 Å². The van der Waals surface area contributed by atoms with Gasteiger partial charge in [0.1, 0.15) is 12.4 Å². The fraction of sp³-hybridized carbons (Fsp3) is 0.320. The zero-order valence-corrected chi connectivity index (χ0v) is 17.6. The van der Waals surface area contributed by atoms with Gasteiger partial charge in [-0.3, -0.25) is 4.79 Å². The summed E-state index contributed by atoms with van der Waals surface area (Å²) in [7, 11) is 0. The molecule has 2 heterocycles. The molecule has 0 radical (unpaired) electrons. The molecule has 5 rings (SSSR count). The third-order valence-corrected chi connectivity index (χ3v) is 6.41. The lowest BCUT2D eigenvalue weighted by molar-refractivity contribution is -0.116. The molecule has 1 aliphatic carbocycles. The molecule has 3 aromatic rings. The number of fused-ring (bicyclic) bond motifs is 1. The van der Waals surface area contributed by atoms with Gasteiger partial charge in [-0.05, 0) is 47.4 Å². The first-order chi connectivity index (χ1) is 14.5. The van der Waals surface area contributed by atoms with Gasteiger partial charge in [0.2, 0.25) is 5.95 Å². The summed E-state index contributed by atoms with van der Waals surface area (Å²) >= 11 is 0. The summed E-state index contributed by atoms with van der Waals surface area (Å²) < 4.78 is 1.84. The maximum Gasteiger partial charge on any atom is 0.226 e. The Kier molecular flexibility index (Phi) is 4.54. The van der Waals surface area contributed by atoms with Crippen LogP contribution in [0.5, 0.6) is 0 Å². The molecule has 0 spiro atoms. The highest BCUT2D eigenvalue weighted by molar-refractivity contribution is 6.00. The number of hydrogen-bond acceptors (Lipinski definition) is 4. The van der Waals surface area contributed by atoms with Crippen LogP contribution in [0, 0.1) is 6.92 Å². The Labute approximate surface area is 176 Å². The van der Waals surface area contributed by atoms with Gasteiger partial charge in [0.15, 0.2) is 5.78 Å². The zero-order chi connectivity index (χ0) is 20.8. The molecular formula is C25H26N4O. The highest BCUT2D eigenvalue weighted by atomic mass is 16.1. The van der Waals surface area contributed by atoms with Gasteiger partial charge < -0.3 is 5.32 Å². The Morgan fingerprint density at radius 1 is 1.07 bits per heavy atom. The number of rotatable bonds is 3. The molecule has 0 fully saturated rings. The van der Waals surface area contributed by atoms with Crippen molar-refractivity contribution in [3.8, 4) is 0 Å². The van der Waals surface area contributed by atoms with Crippen LogP contribution in [0.3, 0.4) is 0 Å². The topological polar surface area (TPSA) is 59.8 Å². The molecule has 0 saturated heterocycles. The van der Waals surface area contributed by atoms with Crippen molar-refractivity contribution >= 4 is 11.7 Å². The predicted octanol–water partition coefficient (Wildman–Crippen LogP) is 5.13.